The summed E-state index contributed by atoms with van der Waals surface area (Å²) in [4.78, 5) is 108. The molecule has 4 aliphatic rings. The summed E-state index contributed by atoms with van der Waals surface area (Å²) in [6.07, 6.45) is -9.75. The summed E-state index contributed by atoms with van der Waals surface area (Å²) >= 11 is 21.0. The number of benzene rings is 3. The molecular formula is C62H65Cl3N15O21P3S3. The van der Waals surface area contributed by atoms with Crippen LogP contribution in [-0.2, 0) is 74.1 Å². The van der Waals surface area contributed by atoms with E-state index in [1.165, 1.54) is 96.8 Å². The van der Waals surface area contributed by atoms with Crippen LogP contribution in [0, 0.1) is 6.92 Å². The molecule has 9 N–H and O–H groups in total. The van der Waals surface area contributed by atoms with Crippen molar-refractivity contribution >= 4 is 141 Å². The molecule has 36 nitrogen and oxygen atoms in total. The van der Waals surface area contributed by atoms with Crippen molar-refractivity contribution in [3.05, 3.63) is 173 Å². The molecule has 9 aromatic rings. The van der Waals surface area contributed by atoms with Gasteiger partial charge in [-0.15, -0.1) is 0 Å². The number of hydrogen-bond donors (Lipinski definition) is 6. The Morgan fingerprint density at radius 2 is 1.03 bits per heavy atom. The number of ketones is 1. The van der Waals surface area contributed by atoms with Crippen LogP contribution in [-0.4, -0.2) is 150 Å². The number of aryl methyl sites for hydroxylation is 1. The third kappa shape index (κ3) is 18.7. The summed E-state index contributed by atoms with van der Waals surface area (Å²) in [6.45, 7) is -14.1. The molecule has 107 heavy (non-hydrogen) atoms. The van der Waals surface area contributed by atoms with Crippen molar-refractivity contribution in [2.24, 2.45) is 0 Å². The molecular weight excluding hydrogens is 1590 g/mol. The Balaban J connectivity index is 0.833. The van der Waals surface area contributed by atoms with Crippen molar-refractivity contribution in [1.29, 1.82) is 0 Å². The lowest BCUT2D eigenvalue weighted by Crippen LogP contribution is -2.33. The Morgan fingerprint density at radius 3 is 1.53 bits per heavy atom. The topological polar surface area (TPSA) is 482 Å². The molecule has 3 aromatic carbocycles. The molecule has 0 amide bonds. The van der Waals surface area contributed by atoms with Crippen LogP contribution in [0.25, 0.3) is 22.3 Å². The van der Waals surface area contributed by atoms with Crippen LogP contribution in [0.15, 0.2) is 144 Å². The maximum Gasteiger partial charge on any atom is 0.394 e. The number of esters is 1. The third-order valence-electron chi connectivity index (χ3n) is 17.0. The van der Waals surface area contributed by atoms with Gasteiger partial charge in [-0.05, 0) is 127 Å². The largest absolute Gasteiger partial charge is 0.459 e. The molecule has 0 spiro atoms. The number of ether oxygens (including phenoxy) is 5. The summed E-state index contributed by atoms with van der Waals surface area (Å²) < 4.78 is 124. The number of fused-ring (bicyclic) bond motifs is 2. The first-order valence-electron chi connectivity index (χ1n) is 32.5. The number of nitrogens with one attached hydrogen (secondary N) is 2. The van der Waals surface area contributed by atoms with E-state index in [0.29, 0.717) is 63.9 Å². The van der Waals surface area contributed by atoms with Crippen molar-refractivity contribution < 1.29 is 79.2 Å². The highest BCUT2D eigenvalue weighted by Crippen LogP contribution is 2.69. The molecule has 0 saturated carbocycles. The molecule has 0 bridgehead atoms. The monoisotopic (exact) mass is 1650 g/mol. The van der Waals surface area contributed by atoms with Gasteiger partial charge >= 0.3 is 37.7 Å². The second kappa shape index (κ2) is 33.2. The minimum atomic E-state index is -4.84. The molecule has 13 rings (SSSR count). The number of hydrogen-bond acceptors (Lipinski definition) is 33. The SMILES string of the molecule is CC(=O)CCC(=O)O[C@H]1C[C@H](n2ccc(N)nc2=O)O[C@@H]1COP(=O)(O[C@H]1C[C@H](n2cnc3c(N)ncnc32)OC1COP(=O)(O[C@H]1C[C@H](n2cnc3c(=O)[nH]c(N)nc32)O[C@@H]1COP(=O)(O[C@H]1C[C@H](n2cc(C)c(=O)[nH]c2=O)O[C@@H]1CO)Sc1ccc(Cl)cc1)Sc1ccc(Cl)cc1)Sc1ccc(Cl)cc1. The summed E-state index contributed by atoms with van der Waals surface area (Å²) in [5.41, 5.74) is 15.6. The number of aliphatic hydroxyl groups excluding tert-OH is 1. The van der Waals surface area contributed by atoms with Gasteiger partial charge in [0.15, 0.2) is 22.6 Å². The molecule has 6 aromatic heterocycles. The number of carbonyl (C=O) groups excluding carboxylic acids is 2. The molecule has 0 aliphatic carbocycles. The predicted molar refractivity (Wildman–Crippen MR) is 389 cm³/mol. The Labute approximate surface area is 631 Å². The number of rotatable bonds is 30. The molecule has 45 heteroatoms. The van der Waals surface area contributed by atoms with Crippen LogP contribution in [0.5, 0.6) is 0 Å². The Kier molecular flexibility index (Phi) is 24.2. The minimum absolute atomic E-state index is 0.0312. The average Bonchev–Trinajstić information content (AvgIpc) is 1.64. The molecule has 568 valence electrons. The van der Waals surface area contributed by atoms with Gasteiger partial charge < -0.3 is 50.8 Å². The molecule has 10 heterocycles. The second-order valence-corrected chi connectivity index (χ2v) is 37.6. The first-order valence-corrected chi connectivity index (χ1v) is 42.5. The van der Waals surface area contributed by atoms with Crippen LogP contribution in [0.2, 0.25) is 15.1 Å². The first-order chi connectivity index (χ1) is 51.1. The van der Waals surface area contributed by atoms with E-state index in [4.69, 9.17) is 103 Å². The maximum absolute atomic E-state index is 16.4. The van der Waals surface area contributed by atoms with Crippen LogP contribution in [0.4, 0.5) is 17.6 Å². The van der Waals surface area contributed by atoms with Crippen LogP contribution in [0.1, 0.15) is 75.9 Å². The number of imidazole rings is 2. The van der Waals surface area contributed by atoms with Crippen molar-refractivity contribution in [2.75, 3.05) is 43.6 Å². The Bertz CT molecular complexity index is 5190. The van der Waals surface area contributed by atoms with Crippen LogP contribution < -0.4 is 39.7 Å². The molecule has 4 fully saturated rings. The minimum Gasteiger partial charge on any atom is -0.459 e. The Morgan fingerprint density at radius 1 is 0.570 bits per heavy atom. The molecule has 4 unspecified atom stereocenters. The van der Waals surface area contributed by atoms with Crippen molar-refractivity contribution in [2.45, 2.75) is 141 Å². The van der Waals surface area contributed by atoms with E-state index >= 15 is 13.7 Å². The maximum atomic E-state index is 16.4. The molecule has 4 aliphatic heterocycles. The van der Waals surface area contributed by atoms with Gasteiger partial charge in [-0.3, -0.25) is 69.8 Å². The van der Waals surface area contributed by atoms with E-state index in [1.54, 1.807) is 36.4 Å². The lowest BCUT2D eigenvalue weighted by molar-refractivity contribution is -0.153. The second-order valence-electron chi connectivity index (χ2n) is 24.5. The lowest BCUT2D eigenvalue weighted by Gasteiger charge is -2.28. The zero-order chi connectivity index (χ0) is 75.6. The number of nitrogens with zero attached hydrogens (tertiary/aromatic N) is 10. The van der Waals surface area contributed by atoms with E-state index in [-0.39, 0.29) is 89.8 Å². The fourth-order valence-corrected chi connectivity index (χ4v) is 22.7. The first kappa shape index (κ1) is 78.0. The van der Waals surface area contributed by atoms with Crippen LogP contribution >= 0.6 is 89.3 Å². The number of aliphatic hydroxyl groups is 1. The summed E-state index contributed by atoms with van der Waals surface area (Å²) in [5, 5.41) is 11.7. The summed E-state index contributed by atoms with van der Waals surface area (Å²) in [5.74, 6) is -1.36. The van der Waals surface area contributed by atoms with Gasteiger partial charge in [-0.1, -0.05) is 34.8 Å². The average molecular weight is 1650 g/mol. The third-order valence-corrected chi connectivity index (χ3v) is 28.5. The van der Waals surface area contributed by atoms with Crippen LogP contribution in [0.3, 0.4) is 0 Å². The number of aromatic nitrogens is 12. The number of anilines is 3. The number of nitrogens with two attached hydrogens (primary N) is 3. The standard InChI is InChI=1S/C62H65Cl3N15O21P3S3/c1-31-23-78(62(87)76-58(31)84)49-20-40(43(24-81)94-49)99-102(88,105-36-10-4-33(63)5-11-36)92-27-46-42(22-51(97-46)80-30-72-54-57(80)74-60(68)75-59(54)85)101-104(90,107-38-14-8-35(65)9-15-38)93-26-45-41(21-50(96-45)79-29-71-53-55(67)69-28-70-56(53)79)100-103(89,106-37-12-6-34(64)7-13-37)91-25-44-39(98-52(83)16-3-32(2)82)19-48(95-44)77-18-17-47(66)73-61(77)86/h4-15,17-18,23,28-30,39-46,48-51,81H,3,16,19-22,24-27H2,1-2H3,(H2,66,73,86)(H2,67,69,70)(H,76,84,87)(H3,68,74,75,85)/t39-,40-,41-,42-,43+,44+,45?,46+,48+,49+,50+,51+,102?,103?,104?/m0/s1. The van der Waals surface area contributed by atoms with Gasteiger partial charge in [0.2, 0.25) is 5.95 Å². The zero-order valence-electron chi connectivity index (χ0n) is 55.9. The molecule has 0 radical (unpaired) electrons. The highest BCUT2D eigenvalue weighted by atomic mass is 35.5. The number of nitrogen functional groups attached to an aromatic ring is 3. The van der Waals surface area contributed by atoms with E-state index < -0.39 is 149 Å². The van der Waals surface area contributed by atoms with Gasteiger partial charge in [-0.25, -0.2) is 43.2 Å². The molecule has 4 saturated heterocycles. The van der Waals surface area contributed by atoms with Gasteiger partial charge in [-0.2, -0.15) is 9.97 Å². The fraction of sp³-hybridized carbons (Fsp3) is 0.387. The highest BCUT2D eigenvalue weighted by molar-refractivity contribution is 8.55. The van der Waals surface area contributed by atoms with E-state index in [9.17, 15) is 33.9 Å². The van der Waals surface area contributed by atoms with Gasteiger partial charge in [0, 0.05) is 79.8 Å². The predicted octanol–water partition coefficient (Wildman–Crippen LogP) is 9.11. The summed E-state index contributed by atoms with van der Waals surface area (Å²) in [6, 6.07) is 19.9. The van der Waals surface area contributed by atoms with E-state index in [1.807, 2.05) is 0 Å². The number of aromatic amines is 2. The fourth-order valence-electron chi connectivity index (χ4n) is 11.8. The number of halogens is 3. The lowest BCUT2D eigenvalue weighted by atomic mass is 10.2. The smallest absolute Gasteiger partial charge is 0.394 e. The normalized spacial score (nSPS) is 24.7. The van der Waals surface area contributed by atoms with E-state index in [2.05, 4.69) is 39.9 Å². The Hall–Kier alpha value is -7.17. The van der Waals surface area contributed by atoms with Crippen molar-refractivity contribution in [3.63, 3.8) is 0 Å². The van der Waals surface area contributed by atoms with Crippen molar-refractivity contribution in [1.82, 2.24) is 58.1 Å². The van der Waals surface area contributed by atoms with Crippen molar-refractivity contribution in [3.8, 4) is 0 Å². The zero-order valence-corrected chi connectivity index (χ0v) is 63.3. The van der Waals surface area contributed by atoms with Gasteiger partial charge in [0.25, 0.3) is 11.1 Å². The molecule has 15 atom stereocenters. The quantitative estimate of drug-likeness (QED) is 0.0180. The number of H-pyrrole nitrogens is 2. The number of carbonyl (C=O) groups is 2. The van der Waals surface area contributed by atoms with Gasteiger partial charge in [0.1, 0.15) is 97.2 Å². The van der Waals surface area contributed by atoms with Gasteiger partial charge in [0.05, 0.1) is 45.5 Å². The number of Topliss-reactive ketones (excluding diaryl/α,β-unsaturated/α-hetero) is 1. The highest BCUT2D eigenvalue weighted by Gasteiger charge is 2.50. The summed E-state index contributed by atoms with van der Waals surface area (Å²) in [7, 11) is 0. The van der Waals surface area contributed by atoms with E-state index in [0.717, 1.165) is 9.13 Å².